The third-order valence-corrected chi connectivity index (χ3v) is 4.34. The molecule has 1 unspecified atom stereocenters. The maximum absolute atomic E-state index is 11.3. The van der Waals surface area contributed by atoms with Crippen LogP contribution in [0.5, 0.6) is 0 Å². The number of H-pyrrole nitrogens is 1. The predicted molar refractivity (Wildman–Crippen MR) is 79.8 cm³/mol. The topological polar surface area (TPSA) is 117 Å². The maximum Gasteiger partial charge on any atom is 0.439 e. The molecule has 0 radical (unpaired) electrons. The average molecular weight is 321 g/mol. The van der Waals surface area contributed by atoms with Gasteiger partial charge in [-0.1, -0.05) is 25.9 Å². The van der Waals surface area contributed by atoms with Crippen LogP contribution in [0.3, 0.4) is 0 Å². The quantitative estimate of drug-likeness (QED) is 0.871. The molecule has 1 atom stereocenters. The van der Waals surface area contributed by atoms with E-state index in [-0.39, 0.29) is 30.4 Å². The Labute approximate surface area is 131 Å². The lowest BCUT2D eigenvalue weighted by Gasteiger charge is -2.31. The number of fused-ring (bicyclic) bond motifs is 1. The standard InChI is InChI=1S/C14H19N5O4/c1-7(14(2,3)4)19-9-6-18(13(21)22)5-8(9)15-11(19)10-16-12(20)23-17-10/h7H,5-6H2,1-4H3,(H,21,22)(H,16,17,20). The Hall–Kier alpha value is -2.58. The van der Waals surface area contributed by atoms with Crippen LogP contribution >= 0.6 is 0 Å². The average Bonchev–Trinajstić information content (AvgIpc) is 3.09. The summed E-state index contributed by atoms with van der Waals surface area (Å²) in [6.07, 6.45) is -0.977. The smallest absolute Gasteiger partial charge is 0.439 e. The van der Waals surface area contributed by atoms with Gasteiger partial charge in [-0.05, 0) is 12.3 Å². The molecule has 0 saturated heterocycles. The Morgan fingerprint density at radius 1 is 1.39 bits per heavy atom. The fourth-order valence-corrected chi connectivity index (χ4v) is 2.66. The number of aromatic nitrogens is 4. The fraction of sp³-hybridized carbons (Fsp3) is 0.571. The minimum atomic E-state index is -0.977. The molecule has 3 rings (SSSR count). The molecule has 0 fully saturated rings. The molecule has 9 nitrogen and oxygen atoms in total. The highest BCUT2D eigenvalue weighted by atomic mass is 16.5. The summed E-state index contributed by atoms with van der Waals surface area (Å²) in [5.74, 6) is 0.0981. The van der Waals surface area contributed by atoms with E-state index in [9.17, 15) is 14.7 Å². The van der Waals surface area contributed by atoms with Gasteiger partial charge in [0.15, 0.2) is 5.82 Å². The summed E-state index contributed by atoms with van der Waals surface area (Å²) in [6, 6.07) is 0.0164. The van der Waals surface area contributed by atoms with Crippen LogP contribution in [0.15, 0.2) is 9.32 Å². The van der Waals surface area contributed by atoms with Crippen molar-refractivity contribution in [2.75, 3.05) is 0 Å². The molecule has 3 heterocycles. The zero-order valence-electron chi connectivity index (χ0n) is 13.5. The van der Waals surface area contributed by atoms with E-state index in [4.69, 9.17) is 0 Å². The van der Waals surface area contributed by atoms with Crippen LogP contribution in [0.25, 0.3) is 11.6 Å². The first-order chi connectivity index (χ1) is 10.7. The van der Waals surface area contributed by atoms with Crippen molar-refractivity contribution in [3.63, 3.8) is 0 Å². The van der Waals surface area contributed by atoms with Gasteiger partial charge in [0.05, 0.1) is 24.5 Å². The van der Waals surface area contributed by atoms with Crippen molar-refractivity contribution in [3.8, 4) is 11.6 Å². The second kappa shape index (κ2) is 4.97. The minimum absolute atomic E-state index is 0.0164. The molecular formula is C14H19N5O4. The molecule has 2 aromatic heterocycles. The van der Waals surface area contributed by atoms with E-state index in [0.717, 1.165) is 5.69 Å². The molecule has 124 valence electrons. The monoisotopic (exact) mass is 321 g/mol. The Kier molecular flexibility index (Phi) is 3.31. The number of hydrogen-bond donors (Lipinski definition) is 2. The summed E-state index contributed by atoms with van der Waals surface area (Å²) in [7, 11) is 0. The summed E-state index contributed by atoms with van der Waals surface area (Å²) >= 11 is 0. The third kappa shape index (κ3) is 2.51. The molecule has 0 aliphatic carbocycles. The molecule has 23 heavy (non-hydrogen) atoms. The number of hydrogen-bond acceptors (Lipinski definition) is 5. The highest BCUT2D eigenvalue weighted by Crippen LogP contribution is 2.37. The van der Waals surface area contributed by atoms with E-state index >= 15 is 0 Å². The van der Waals surface area contributed by atoms with E-state index in [0.29, 0.717) is 11.5 Å². The maximum atomic E-state index is 11.3. The van der Waals surface area contributed by atoms with E-state index in [1.165, 1.54) is 4.90 Å². The van der Waals surface area contributed by atoms with Gasteiger partial charge in [-0.3, -0.25) is 14.4 Å². The molecule has 0 saturated carbocycles. The first-order valence-electron chi connectivity index (χ1n) is 7.32. The van der Waals surface area contributed by atoms with Crippen LogP contribution in [-0.2, 0) is 13.1 Å². The third-order valence-electron chi connectivity index (χ3n) is 4.34. The summed E-state index contributed by atoms with van der Waals surface area (Å²) in [4.78, 5) is 30.8. The predicted octanol–water partition coefficient (Wildman–Crippen LogP) is 1.83. The molecule has 9 heteroatoms. The first kappa shape index (κ1) is 15.3. The summed E-state index contributed by atoms with van der Waals surface area (Å²) in [6.45, 7) is 8.78. The number of carboxylic acid groups (broad SMARTS) is 1. The van der Waals surface area contributed by atoms with Crippen LogP contribution in [-0.4, -0.2) is 35.8 Å². The lowest BCUT2D eigenvalue weighted by atomic mass is 9.87. The van der Waals surface area contributed by atoms with Gasteiger partial charge in [0.2, 0.25) is 5.82 Å². The number of amides is 1. The Morgan fingerprint density at radius 2 is 2.09 bits per heavy atom. The second-order valence-corrected chi connectivity index (χ2v) is 6.82. The van der Waals surface area contributed by atoms with Crippen LogP contribution in [0, 0.1) is 5.41 Å². The van der Waals surface area contributed by atoms with E-state index < -0.39 is 11.8 Å². The van der Waals surface area contributed by atoms with Gasteiger partial charge >= 0.3 is 11.8 Å². The van der Waals surface area contributed by atoms with Crippen LogP contribution in [0.2, 0.25) is 0 Å². The van der Waals surface area contributed by atoms with E-state index in [2.05, 4.69) is 40.4 Å². The molecular weight excluding hydrogens is 302 g/mol. The number of nitrogens with one attached hydrogen (secondary N) is 1. The molecule has 1 amide bonds. The van der Waals surface area contributed by atoms with Gasteiger partial charge in [0.25, 0.3) is 0 Å². The van der Waals surface area contributed by atoms with Crippen molar-refractivity contribution < 1.29 is 14.4 Å². The molecule has 0 spiro atoms. The summed E-state index contributed by atoms with van der Waals surface area (Å²) < 4.78 is 6.53. The Balaban J connectivity index is 2.14. The molecule has 2 N–H and O–H groups in total. The zero-order chi connectivity index (χ0) is 16.9. The highest BCUT2D eigenvalue weighted by Gasteiger charge is 2.35. The van der Waals surface area contributed by atoms with Gasteiger partial charge in [-0.25, -0.2) is 14.6 Å². The normalized spacial score (nSPS) is 15.7. The number of rotatable bonds is 2. The Bertz CT molecular complexity index is 810. The minimum Gasteiger partial charge on any atom is -0.465 e. The SMILES string of the molecule is CC(n1c(-c2noc(=O)[nH]2)nc2c1CN(C(=O)O)C2)C(C)(C)C. The van der Waals surface area contributed by atoms with Crippen molar-refractivity contribution in [1.29, 1.82) is 0 Å². The number of carbonyl (C=O) groups is 1. The van der Waals surface area contributed by atoms with Crippen molar-refractivity contribution in [1.82, 2.24) is 24.6 Å². The molecule has 1 aliphatic heterocycles. The van der Waals surface area contributed by atoms with Gasteiger partial charge in [0.1, 0.15) is 0 Å². The second-order valence-electron chi connectivity index (χ2n) is 6.82. The molecule has 0 bridgehead atoms. The van der Waals surface area contributed by atoms with E-state index in [1.54, 1.807) is 0 Å². The van der Waals surface area contributed by atoms with Gasteiger partial charge in [-0.2, -0.15) is 0 Å². The largest absolute Gasteiger partial charge is 0.465 e. The van der Waals surface area contributed by atoms with E-state index in [1.807, 2.05) is 11.5 Å². The van der Waals surface area contributed by atoms with Crippen molar-refractivity contribution in [2.24, 2.45) is 5.41 Å². The van der Waals surface area contributed by atoms with Crippen molar-refractivity contribution in [3.05, 3.63) is 21.9 Å². The molecule has 2 aromatic rings. The first-order valence-corrected chi connectivity index (χ1v) is 7.32. The van der Waals surface area contributed by atoms with Gasteiger partial charge in [-0.15, -0.1) is 0 Å². The van der Waals surface area contributed by atoms with Crippen molar-refractivity contribution in [2.45, 2.75) is 46.8 Å². The number of imidazole rings is 1. The van der Waals surface area contributed by atoms with Gasteiger partial charge < -0.3 is 9.67 Å². The highest BCUT2D eigenvalue weighted by molar-refractivity contribution is 5.66. The summed E-state index contributed by atoms with van der Waals surface area (Å²) in [5, 5.41) is 12.9. The van der Waals surface area contributed by atoms with Crippen LogP contribution < -0.4 is 5.76 Å². The fourth-order valence-electron chi connectivity index (χ4n) is 2.66. The summed E-state index contributed by atoms with van der Waals surface area (Å²) in [5.41, 5.74) is 1.42. The van der Waals surface area contributed by atoms with Crippen molar-refractivity contribution >= 4 is 6.09 Å². The van der Waals surface area contributed by atoms with Crippen LogP contribution in [0.4, 0.5) is 4.79 Å². The lowest BCUT2D eigenvalue weighted by Crippen LogP contribution is -2.27. The zero-order valence-corrected chi connectivity index (χ0v) is 13.5. The number of aromatic amines is 1. The lowest BCUT2D eigenvalue weighted by molar-refractivity contribution is 0.143. The Morgan fingerprint density at radius 3 is 2.61 bits per heavy atom. The molecule has 0 aromatic carbocycles. The molecule has 1 aliphatic rings. The van der Waals surface area contributed by atoms with Gasteiger partial charge in [0, 0.05) is 6.04 Å². The van der Waals surface area contributed by atoms with Crippen LogP contribution in [0.1, 0.15) is 45.1 Å². The number of nitrogens with zero attached hydrogens (tertiary/aromatic N) is 4.